The van der Waals surface area contributed by atoms with Crippen LogP contribution in [0.2, 0.25) is 5.02 Å². The number of hydrogen-bond acceptors (Lipinski definition) is 6. The number of nitriles is 1. The van der Waals surface area contributed by atoms with E-state index in [1.165, 1.54) is 30.2 Å². The smallest absolute Gasteiger partial charge is 0.429 e. The zero-order valence-electron chi connectivity index (χ0n) is 23.2. The number of halogens is 10. The number of carbonyl (C=O) groups excluding carboxylic acids is 1. The van der Waals surface area contributed by atoms with Gasteiger partial charge in [0.2, 0.25) is 0 Å². The molecule has 2 aromatic heterocycles. The van der Waals surface area contributed by atoms with Crippen LogP contribution in [0.3, 0.4) is 0 Å². The molecule has 0 radical (unpaired) electrons. The van der Waals surface area contributed by atoms with Gasteiger partial charge in [0.1, 0.15) is 5.54 Å². The van der Waals surface area contributed by atoms with Gasteiger partial charge in [0, 0.05) is 39.1 Å². The van der Waals surface area contributed by atoms with Crippen molar-refractivity contribution in [1.82, 2.24) is 24.5 Å². The van der Waals surface area contributed by atoms with Crippen LogP contribution in [0, 0.1) is 11.3 Å². The van der Waals surface area contributed by atoms with Crippen LogP contribution >= 0.6 is 11.6 Å². The number of alkyl halides is 9. The minimum absolute atomic E-state index is 0.00380. The number of aromatic nitrogens is 4. The third kappa shape index (κ3) is 6.15. The second-order valence-electron chi connectivity index (χ2n) is 9.97. The van der Waals surface area contributed by atoms with E-state index in [4.69, 9.17) is 16.3 Å². The molecule has 2 heterocycles. The lowest BCUT2D eigenvalue weighted by atomic mass is 9.99. The zero-order chi connectivity index (χ0) is 33.5. The number of aryl methyl sites for hydroxylation is 1. The molecule has 3 aromatic rings. The Kier molecular flexibility index (Phi) is 9.10. The molecular weight excluding hydrogens is 651 g/mol. The van der Waals surface area contributed by atoms with Gasteiger partial charge in [0.25, 0.3) is 5.91 Å². The summed E-state index contributed by atoms with van der Waals surface area (Å²) in [6, 6.07) is 6.19. The minimum Gasteiger partial charge on any atom is -0.429 e. The second kappa shape index (κ2) is 12.1. The maximum absolute atomic E-state index is 14.9. The molecule has 1 amide bonds. The maximum Gasteiger partial charge on any atom is 0.437 e. The van der Waals surface area contributed by atoms with E-state index in [1.54, 1.807) is 0 Å². The summed E-state index contributed by atoms with van der Waals surface area (Å²) in [5.74, 6) is -3.44. The normalized spacial score (nSPS) is 14.8. The van der Waals surface area contributed by atoms with Gasteiger partial charge in [0.05, 0.1) is 22.9 Å². The SMILES string of the molecule is COCCCN(C(=O)c1cc(-c2cnn(-c3c(OC(F)F)c(C(F)(C(F)(F)F)C(F)(F)F)nn3C)c2)ccc1Cl)C1(C#N)CC1. The van der Waals surface area contributed by atoms with Crippen molar-refractivity contribution in [2.75, 3.05) is 20.3 Å². The summed E-state index contributed by atoms with van der Waals surface area (Å²) in [5.41, 5.74) is -9.47. The molecular formula is C26H22ClF9N6O3. The summed E-state index contributed by atoms with van der Waals surface area (Å²) >= 11 is 6.31. The number of ether oxygens (including phenoxy) is 2. The molecule has 1 fully saturated rings. The number of rotatable bonds is 11. The number of hydrogen-bond donors (Lipinski definition) is 0. The van der Waals surface area contributed by atoms with Crippen molar-refractivity contribution in [2.45, 2.75) is 49.4 Å². The number of benzene rings is 1. The van der Waals surface area contributed by atoms with E-state index in [0.29, 0.717) is 30.6 Å². The Labute approximate surface area is 253 Å². The molecule has 0 spiro atoms. The van der Waals surface area contributed by atoms with Crippen LogP contribution in [0.5, 0.6) is 5.75 Å². The molecule has 0 unspecified atom stereocenters. The minimum atomic E-state index is -6.67. The first-order chi connectivity index (χ1) is 20.9. The molecule has 19 heteroatoms. The van der Waals surface area contributed by atoms with Crippen molar-refractivity contribution in [1.29, 1.82) is 5.26 Å². The Balaban J connectivity index is 1.78. The van der Waals surface area contributed by atoms with Crippen LogP contribution in [0.25, 0.3) is 16.9 Å². The molecule has 0 atom stereocenters. The first-order valence-corrected chi connectivity index (χ1v) is 13.2. The van der Waals surface area contributed by atoms with Crippen molar-refractivity contribution < 1.29 is 53.8 Å². The zero-order valence-corrected chi connectivity index (χ0v) is 23.9. The van der Waals surface area contributed by atoms with Gasteiger partial charge in [-0.2, -0.15) is 50.6 Å². The Morgan fingerprint density at radius 2 is 1.80 bits per heavy atom. The highest BCUT2D eigenvalue weighted by molar-refractivity contribution is 6.34. The summed E-state index contributed by atoms with van der Waals surface area (Å²) in [6.07, 6.45) is -10.0. The fourth-order valence-electron chi connectivity index (χ4n) is 4.64. The lowest BCUT2D eigenvalue weighted by molar-refractivity contribution is -0.350. The summed E-state index contributed by atoms with van der Waals surface area (Å²) in [4.78, 5) is 14.9. The summed E-state index contributed by atoms with van der Waals surface area (Å²) in [6.45, 7) is -3.51. The van der Waals surface area contributed by atoms with Gasteiger partial charge in [-0.05, 0) is 37.0 Å². The molecule has 45 heavy (non-hydrogen) atoms. The Hall–Kier alpha value is -3.98. The third-order valence-corrected chi connectivity index (χ3v) is 7.37. The van der Waals surface area contributed by atoms with Gasteiger partial charge >= 0.3 is 24.6 Å². The lowest BCUT2D eigenvalue weighted by Gasteiger charge is -2.28. The highest BCUT2D eigenvalue weighted by Gasteiger charge is 2.76. The van der Waals surface area contributed by atoms with Crippen molar-refractivity contribution in [3.05, 3.63) is 46.9 Å². The van der Waals surface area contributed by atoms with Crippen LogP contribution < -0.4 is 4.74 Å². The predicted molar refractivity (Wildman–Crippen MR) is 137 cm³/mol. The molecule has 9 nitrogen and oxygen atoms in total. The number of methoxy groups -OCH3 is 1. The first kappa shape index (κ1) is 33.9. The highest BCUT2D eigenvalue weighted by Crippen LogP contribution is 2.56. The van der Waals surface area contributed by atoms with Gasteiger partial charge in [-0.1, -0.05) is 17.7 Å². The van der Waals surface area contributed by atoms with Crippen molar-refractivity contribution in [3.63, 3.8) is 0 Å². The van der Waals surface area contributed by atoms with E-state index in [0.717, 1.165) is 19.4 Å². The van der Waals surface area contributed by atoms with Crippen molar-refractivity contribution in [2.24, 2.45) is 7.05 Å². The number of nitrogens with zero attached hydrogens (tertiary/aromatic N) is 6. The lowest BCUT2D eigenvalue weighted by Crippen LogP contribution is -2.51. The van der Waals surface area contributed by atoms with Crippen LogP contribution in [-0.2, 0) is 17.5 Å². The first-order valence-electron chi connectivity index (χ1n) is 12.8. The molecule has 0 saturated heterocycles. The van der Waals surface area contributed by atoms with Gasteiger partial charge in [-0.3, -0.25) is 4.79 Å². The molecule has 1 aromatic carbocycles. The van der Waals surface area contributed by atoms with E-state index in [9.17, 15) is 49.6 Å². The maximum atomic E-state index is 14.9. The highest BCUT2D eigenvalue weighted by atomic mass is 35.5. The fourth-order valence-corrected chi connectivity index (χ4v) is 4.84. The molecule has 4 rings (SSSR count). The number of carbonyl (C=O) groups is 1. The Morgan fingerprint density at radius 3 is 2.33 bits per heavy atom. The average Bonchev–Trinajstić information content (AvgIpc) is 3.47. The molecule has 0 aliphatic heterocycles. The van der Waals surface area contributed by atoms with Crippen molar-refractivity contribution in [3.8, 4) is 28.8 Å². The van der Waals surface area contributed by atoms with Crippen LogP contribution in [0.4, 0.5) is 39.5 Å². The van der Waals surface area contributed by atoms with Gasteiger partial charge in [0.15, 0.2) is 17.3 Å². The second-order valence-corrected chi connectivity index (χ2v) is 10.4. The molecule has 0 bridgehead atoms. The van der Waals surface area contributed by atoms with E-state index < -0.39 is 53.3 Å². The molecule has 1 saturated carbocycles. The molecule has 1 aliphatic rings. The van der Waals surface area contributed by atoms with E-state index in [-0.39, 0.29) is 32.9 Å². The summed E-state index contributed by atoms with van der Waals surface area (Å²) in [7, 11) is 2.24. The number of amides is 1. The largest absolute Gasteiger partial charge is 0.437 e. The van der Waals surface area contributed by atoms with E-state index >= 15 is 0 Å². The van der Waals surface area contributed by atoms with Crippen LogP contribution in [0.1, 0.15) is 35.3 Å². The summed E-state index contributed by atoms with van der Waals surface area (Å²) in [5, 5.41) is 16.5. The van der Waals surface area contributed by atoms with Gasteiger partial charge in [-0.25, -0.2) is 13.8 Å². The predicted octanol–water partition coefficient (Wildman–Crippen LogP) is 6.35. The topological polar surface area (TPSA) is 98.2 Å². The quantitative estimate of drug-likeness (QED) is 0.174. The summed E-state index contributed by atoms with van der Waals surface area (Å²) < 4.78 is 132. The van der Waals surface area contributed by atoms with Gasteiger partial charge < -0.3 is 14.4 Å². The standard InChI is InChI=1S/C26H22ClF9N6O3/c1-40-20(18(45-22(28)29)19(39-40)24(30,25(31,32)33)26(34,35)36)42-12-15(11-38-42)14-4-5-17(27)16(10-14)21(43)41(8-3-9-44-2)23(13-37)6-7-23/h4-5,10-12,22H,3,6-9H2,1-2H3. The fraction of sp³-hybridized carbons (Fsp3) is 0.462. The monoisotopic (exact) mass is 672 g/mol. The third-order valence-electron chi connectivity index (χ3n) is 7.04. The van der Waals surface area contributed by atoms with Crippen LogP contribution in [-0.4, -0.2) is 75.1 Å². The Morgan fingerprint density at radius 1 is 1.16 bits per heavy atom. The van der Waals surface area contributed by atoms with Crippen LogP contribution in [0.15, 0.2) is 30.6 Å². The average molecular weight is 673 g/mol. The van der Waals surface area contributed by atoms with E-state index in [2.05, 4.69) is 21.0 Å². The Bertz CT molecular complexity index is 1590. The molecule has 244 valence electrons. The molecule has 0 N–H and O–H groups in total. The van der Waals surface area contributed by atoms with E-state index in [1.807, 2.05) is 0 Å². The van der Waals surface area contributed by atoms with Gasteiger partial charge in [-0.15, -0.1) is 0 Å². The molecule has 1 aliphatic carbocycles. The van der Waals surface area contributed by atoms with Crippen molar-refractivity contribution >= 4 is 17.5 Å².